The van der Waals surface area contributed by atoms with E-state index in [-0.39, 0.29) is 18.0 Å². The predicted octanol–water partition coefficient (Wildman–Crippen LogP) is 3.03. The van der Waals surface area contributed by atoms with Crippen LogP contribution >= 0.6 is 31.9 Å². The van der Waals surface area contributed by atoms with Gasteiger partial charge in [-0.2, -0.15) is 0 Å². The molecule has 0 spiro atoms. The number of carbonyl (C=O) groups excluding carboxylic acids is 1. The fraction of sp³-hybridized carbons (Fsp3) is 0.462. The molecule has 1 aromatic carbocycles. The van der Waals surface area contributed by atoms with Gasteiger partial charge in [-0.1, -0.05) is 15.9 Å². The topological polar surface area (TPSA) is 32.3 Å². The van der Waals surface area contributed by atoms with Gasteiger partial charge in [-0.25, -0.2) is 0 Å². The number of hydrogen-bond acceptors (Lipinski definition) is 2. The standard InChI is InChI=1S/C13H16Br2N2O/c1-8-6-16-7-9(2)17(8)13(18)11-4-3-10(14)5-12(11)15/h3-5,8-9,16H,6-7H2,1-2H3. The van der Waals surface area contributed by atoms with E-state index in [1.54, 1.807) is 0 Å². The molecule has 2 atom stereocenters. The molecule has 1 aliphatic rings. The predicted molar refractivity (Wildman–Crippen MR) is 79.8 cm³/mol. The van der Waals surface area contributed by atoms with Crippen molar-refractivity contribution < 1.29 is 4.79 Å². The van der Waals surface area contributed by atoms with Gasteiger partial charge < -0.3 is 10.2 Å². The lowest BCUT2D eigenvalue weighted by Crippen LogP contribution is -2.57. The third-order valence-corrected chi connectivity index (χ3v) is 4.37. The van der Waals surface area contributed by atoms with Crippen LogP contribution in [0.3, 0.4) is 0 Å². The Bertz CT molecular complexity index is 454. The SMILES string of the molecule is CC1CNCC(C)N1C(=O)c1ccc(Br)cc1Br. The molecule has 0 aromatic heterocycles. The number of piperazine rings is 1. The lowest BCUT2D eigenvalue weighted by molar-refractivity contribution is 0.0543. The minimum Gasteiger partial charge on any atom is -0.331 e. The van der Waals surface area contributed by atoms with Crippen LogP contribution in [0.5, 0.6) is 0 Å². The molecule has 5 heteroatoms. The van der Waals surface area contributed by atoms with E-state index in [0.29, 0.717) is 0 Å². The van der Waals surface area contributed by atoms with E-state index in [2.05, 4.69) is 51.0 Å². The van der Waals surface area contributed by atoms with Crippen LogP contribution < -0.4 is 5.32 Å². The van der Waals surface area contributed by atoms with Gasteiger partial charge in [0.2, 0.25) is 0 Å². The molecular formula is C13H16Br2N2O. The van der Waals surface area contributed by atoms with E-state index in [9.17, 15) is 4.79 Å². The van der Waals surface area contributed by atoms with Crippen LogP contribution in [0.1, 0.15) is 24.2 Å². The van der Waals surface area contributed by atoms with Crippen LogP contribution in [0.25, 0.3) is 0 Å². The summed E-state index contributed by atoms with van der Waals surface area (Å²) in [4.78, 5) is 14.6. The first-order valence-electron chi connectivity index (χ1n) is 5.99. The molecule has 1 N–H and O–H groups in total. The van der Waals surface area contributed by atoms with Crippen molar-refractivity contribution in [1.82, 2.24) is 10.2 Å². The summed E-state index contributed by atoms with van der Waals surface area (Å²) < 4.78 is 1.80. The molecule has 18 heavy (non-hydrogen) atoms. The molecule has 1 aliphatic heterocycles. The molecule has 1 fully saturated rings. The number of hydrogen-bond donors (Lipinski definition) is 1. The van der Waals surface area contributed by atoms with Gasteiger partial charge >= 0.3 is 0 Å². The van der Waals surface area contributed by atoms with Crippen LogP contribution in [0.2, 0.25) is 0 Å². The highest BCUT2D eigenvalue weighted by atomic mass is 79.9. The second kappa shape index (κ2) is 5.72. The van der Waals surface area contributed by atoms with E-state index in [1.807, 2.05) is 23.1 Å². The zero-order valence-electron chi connectivity index (χ0n) is 10.4. The average molecular weight is 376 g/mol. The first-order valence-corrected chi connectivity index (χ1v) is 7.57. The maximum absolute atomic E-state index is 12.6. The third-order valence-electron chi connectivity index (χ3n) is 3.23. The Morgan fingerprint density at radius 2 is 1.89 bits per heavy atom. The van der Waals surface area contributed by atoms with Gasteiger partial charge in [-0.05, 0) is 48.0 Å². The third kappa shape index (κ3) is 2.78. The maximum atomic E-state index is 12.6. The summed E-state index contributed by atoms with van der Waals surface area (Å²) in [6.45, 7) is 5.86. The number of carbonyl (C=O) groups is 1. The van der Waals surface area contributed by atoms with Crippen molar-refractivity contribution >= 4 is 37.8 Å². The summed E-state index contributed by atoms with van der Waals surface area (Å²) in [6.07, 6.45) is 0. The summed E-state index contributed by atoms with van der Waals surface area (Å²) in [5, 5.41) is 3.33. The Balaban J connectivity index is 2.29. The Morgan fingerprint density at radius 3 is 2.44 bits per heavy atom. The smallest absolute Gasteiger partial charge is 0.255 e. The van der Waals surface area contributed by atoms with E-state index >= 15 is 0 Å². The van der Waals surface area contributed by atoms with Crippen molar-refractivity contribution in [3.05, 3.63) is 32.7 Å². The quantitative estimate of drug-likeness (QED) is 0.818. The Labute approximate surface area is 124 Å². The molecule has 1 aromatic rings. The van der Waals surface area contributed by atoms with Gasteiger partial charge in [0.1, 0.15) is 0 Å². The molecular weight excluding hydrogens is 360 g/mol. The van der Waals surface area contributed by atoms with Crippen LogP contribution in [0.15, 0.2) is 27.1 Å². The number of nitrogens with one attached hydrogen (secondary N) is 1. The summed E-state index contributed by atoms with van der Waals surface area (Å²) in [5.74, 6) is 0.0934. The van der Waals surface area contributed by atoms with Crippen LogP contribution in [-0.2, 0) is 0 Å². The minimum atomic E-state index is 0.0934. The van der Waals surface area contributed by atoms with Gasteiger partial charge in [0.15, 0.2) is 0 Å². The van der Waals surface area contributed by atoms with Gasteiger partial charge in [0, 0.05) is 34.1 Å². The van der Waals surface area contributed by atoms with Crippen LogP contribution in [0.4, 0.5) is 0 Å². The van der Waals surface area contributed by atoms with Crippen molar-refractivity contribution in [2.45, 2.75) is 25.9 Å². The molecule has 0 bridgehead atoms. The molecule has 1 heterocycles. The lowest BCUT2D eigenvalue weighted by Gasteiger charge is -2.39. The van der Waals surface area contributed by atoms with Crippen molar-refractivity contribution in [2.24, 2.45) is 0 Å². The molecule has 0 saturated carbocycles. The van der Waals surface area contributed by atoms with E-state index < -0.39 is 0 Å². The first kappa shape index (κ1) is 14.0. The Hall–Kier alpha value is -0.390. The highest BCUT2D eigenvalue weighted by Crippen LogP contribution is 2.25. The van der Waals surface area contributed by atoms with Crippen LogP contribution in [0, 0.1) is 0 Å². The number of halogens is 2. The zero-order chi connectivity index (χ0) is 13.3. The molecule has 0 radical (unpaired) electrons. The Morgan fingerprint density at radius 1 is 1.28 bits per heavy atom. The molecule has 3 nitrogen and oxygen atoms in total. The number of amides is 1. The molecule has 0 aliphatic carbocycles. The largest absolute Gasteiger partial charge is 0.331 e. The molecule has 2 unspecified atom stereocenters. The van der Waals surface area contributed by atoms with Gasteiger partial charge in [-0.15, -0.1) is 0 Å². The number of benzene rings is 1. The fourth-order valence-electron chi connectivity index (χ4n) is 2.33. The molecule has 1 saturated heterocycles. The minimum absolute atomic E-state index is 0.0934. The average Bonchev–Trinajstić information content (AvgIpc) is 2.28. The van der Waals surface area contributed by atoms with Gasteiger partial charge in [-0.3, -0.25) is 4.79 Å². The molecule has 1 amide bonds. The second-order valence-electron chi connectivity index (χ2n) is 4.69. The Kier molecular flexibility index (Phi) is 4.45. The number of nitrogens with zero attached hydrogens (tertiary/aromatic N) is 1. The van der Waals surface area contributed by atoms with E-state index in [1.165, 1.54) is 0 Å². The van der Waals surface area contributed by atoms with Crippen LogP contribution in [-0.4, -0.2) is 36.0 Å². The van der Waals surface area contributed by atoms with E-state index in [0.717, 1.165) is 27.6 Å². The summed E-state index contributed by atoms with van der Waals surface area (Å²) in [5.41, 5.74) is 0.721. The first-order chi connectivity index (χ1) is 8.50. The highest BCUT2D eigenvalue weighted by Gasteiger charge is 2.30. The summed E-state index contributed by atoms with van der Waals surface area (Å²) >= 11 is 6.86. The lowest BCUT2D eigenvalue weighted by atomic mass is 10.1. The highest BCUT2D eigenvalue weighted by molar-refractivity contribution is 9.11. The van der Waals surface area contributed by atoms with Crippen molar-refractivity contribution in [3.8, 4) is 0 Å². The van der Waals surface area contributed by atoms with E-state index in [4.69, 9.17) is 0 Å². The van der Waals surface area contributed by atoms with Crippen molar-refractivity contribution in [3.63, 3.8) is 0 Å². The fourth-order valence-corrected chi connectivity index (χ4v) is 3.55. The van der Waals surface area contributed by atoms with Crippen molar-refractivity contribution in [1.29, 1.82) is 0 Å². The van der Waals surface area contributed by atoms with Gasteiger partial charge in [0.05, 0.1) is 5.56 Å². The second-order valence-corrected chi connectivity index (χ2v) is 6.46. The maximum Gasteiger partial charge on any atom is 0.255 e. The summed E-state index contributed by atoms with van der Waals surface area (Å²) in [7, 11) is 0. The monoisotopic (exact) mass is 374 g/mol. The summed E-state index contributed by atoms with van der Waals surface area (Å²) in [6, 6.07) is 6.10. The normalized spacial score (nSPS) is 24.1. The molecule has 98 valence electrons. The zero-order valence-corrected chi connectivity index (χ0v) is 13.6. The van der Waals surface area contributed by atoms with Gasteiger partial charge in [0.25, 0.3) is 5.91 Å². The number of rotatable bonds is 1. The molecule has 2 rings (SSSR count). The van der Waals surface area contributed by atoms with Crippen molar-refractivity contribution in [2.75, 3.05) is 13.1 Å².